The van der Waals surface area contributed by atoms with Crippen LogP contribution in [0.25, 0.3) is 0 Å². The molecule has 0 heterocycles. The molecule has 0 aliphatic heterocycles. The van der Waals surface area contributed by atoms with Gasteiger partial charge in [-0.25, -0.2) is 0 Å². The van der Waals surface area contributed by atoms with Crippen LogP contribution in [0.15, 0.2) is 0 Å². The van der Waals surface area contributed by atoms with Crippen LogP contribution in [-0.4, -0.2) is 36.0 Å². The maximum atomic E-state index is 9.19. The normalized spacial score (nSPS) is 30.2. The summed E-state index contributed by atoms with van der Waals surface area (Å²) in [6.07, 6.45) is 4.66. The number of aliphatic hydroxyl groups is 2. The Labute approximate surface area is 86.5 Å². The smallest absolute Gasteiger partial charge is 0.0636 e. The first-order chi connectivity index (χ1) is 6.74. The minimum absolute atomic E-state index is 0.272. The fourth-order valence-corrected chi connectivity index (χ4v) is 2.27. The maximum absolute atomic E-state index is 9.19. The Bertz CT molecular complexity index is 150. The molecule has 0 aromatic rings. The molecule has 0 amide bonds. The van der Waals surface area contributed by atoms with Gasteiger partial charge in [0.25, 0.3) is 0 Å². The molecule has 0 aromatic heterocycles. The van der Waals surface area contributed by atoms with Gasteiger partial charge in [-0.05, 0) is 38.1 Å². The van der Waals surface area contributed by atoms with E-state index in [-0.39, 0.29) is 6.10 Å². The van der Waals surface area contributed by atoms with Gasteiger partial charge in [0.05, 0.1) is 6.10 Å². The van der Waals surface area contributed by atoms with Crippen LogP contribution in [0.4, 0.5) is 0 Å². The molecule has 0 bridgehead atoms. The number of hydrogen-bond donors (Lipinski definition) is 3. The summed E-state index contributed by atoms with van der Waals surface area (Å²) in [5, 5.41) is 21.5. The molecule has 0 radical (unpaired) electrons. The molecule has 1 saturated carbocycles. The lowest BCUT2D eigenvalue weighted by atomic mass is 9.79. The molecule has 1 aliphatic carbocycles. The SMILES string of the molecule is CC(O)CNCC1CCCCC1CO. The topological polar surface area (TPSA) is 52.5 Å². The zero-order valence-corrected chi connectivity index (χ0v) is 9.08. The van der Waals surface area contributed by atoms with Gasteiger partial charge < -0.3 is 15.5 Å². The summed E-state index contributed by atoms with van der Waals surface area (Å²) < 4.78 is 0. The van der Waals surface area contributed by atoms with Gasteiger partial charge >= 0.3 is 0 Å². The third-order valence-corrected chi connectivity index (χ3v) is 3.15. The molecule has 3 nitrogen and oxygen atoms in total. The van der Waals surface area contributed by atoms with Crippen LogP contribution in [0, 0.1) is 11.8 Å². The summed E-state index contributed by atoms with van der Waals surface area (Å²) in [4.78, 5) is 0. The lowest BCUT2D eigenvalue weighted by Crippen LogP contribution is -2.35. The monoisotopic (exact) mass is 201 g/mol. The lowest BCUT2D eigenvalue weighted by Gasteiger charge is -2.30. The molecule has 3 N–H and O–H groups in total. The van der Waals surface area contributed by atoms with E-state index in [2.05, 4.69) is 5.32 Å². The van der Waals surface area contributed by atoms with Crippen LogP contribution in [0.3, 0.4) is 0 Å². The number of aliphatic hydroxyl groups excluding tert-OH is 2. The van der Waals surface area contributed by atoms with E-state index in [4.69, 9.17) is 5.11 Å². The molecule has 0 spiro atoms. The molecular formula is C11H23NO2. The lowest BCUT2D eigenvalue weighted by molar-refractivity contribution is 0.127. The van der Waals surface area contributed by atoms with Gasteiger partial charge in [-0.3, -0.25) is 0 Å². The van der Waals surface area contributed by atoms with Gasteiger partial charge in [0.2, 0.25) is 0 Å². The van der Waals surface area contributed by atoms with Crippen LogP contribution < -0.4 is 5.32 Å². The van der Waals surface area contributed by atoms with Crippen molar-refractivity contribution in [2.75, 3.05) is 19.7 Å². The molecule has 14 heavy (non-hydrogen) atoms. The van der Waals surface area contributed by atoms with Crippen LogP contribution >= 0.6 is 0 Å². The van der Waals surface area contributed by atoms with Crippen LogP contribution in [-0.2, 0) is 0 Å². The predicted octanol–water partition coefficient (Wildman–Crippen LogP) is 0.755. The summed E-state index contributed by atoms with van der Waals surface area (Å²) in [7, 11) is 0. The molecular weight excluding hydrogens is 178 g/mol. The summed E-state index contributed by atoms with van der Waals surface area (Å²) in [6, 6.07) is 0. The van der Waals surface area contributed by atoms with E-state index in [9.17, 15) is 5.11 Å². The van der Waals surface area contributed by atoms with E-state index in [0.717, 1.165) is 13.0 Å². The molecule has 1 fully saturated rings. The zero-order valence-electron chi connectivity index (χ0n) is 9.08. The highest BCUT2D eigenvalue weighted by Gasteiger charge is 2.23. The second-order valence-corrected chi connectivity index (χ2v) is 4.49. The number of hydrogen-bond acceptors (Lipinski definition) is 3. The Kier molecular flexibility index (Phi) is 5.45. The Morgan fingerprint density at radius 1 is 1.29 bits per heavy atom. The average Bonchev–Trinajstić information content (AvgIpc) is 2.18. The maximum Gasteiger partial charge on any atom is 0.0636 e. The van der Waals surface area contributed by atoms with Crippen LogP contribution in [0.2, 0.25) is 0 Å². The second-order valence-electron chi connectivity index (χ2n) is 4.49. The number of rotatable bonds is 5. The molecule has 3 heteroatoms. The van der Waals surface area contributed by atoms with E-state index in [1.807, 2.05) is 0 Å². The fourth-order valence-electron chi connectivity index (χ4n) is 2.27. The van der Waals surface area contributed by atoms with E-state index in [1.165, 1.54) is 19.3 Å². The minimum Gasteiger partial charge on any atom is -0.396 e. The Morgan fingerprint density at radius 3 is 2.50 bits per heavy atom. The van der Waals surface area contributed by atoms with Crippen LogP contribution in [0.1, 0.15) is 32.6 Å². The van der Waals surface area contributed by atoms with Crippen LogP contribution in [0.5, 0.6) is 0 Å². The molecule has 3 unspecified atom stereocenters. The molecule has 0 saturated heterocycles. The van der Waals surface area contributed by atoms with E-state index in [1.54, 1.807) is 6.92 Å². The van der Waals surface area contributed by atoms with Gasteiger partial charge in [-0.15, -0.1) is 0 Å². The van der Waals surface area contributed by atoms with E-state index >= 15 is 0 Å². The third-order valence-electron chi connectivity index (χ3n) is 3.15. The first kappa shape index (κ1) is 12.0. The first-order valence-corrected chi connectivity index (χ1v) is 5.73. The molecule has 0 aromatic carbocycles. The van der Waals surface area contributed by atoms with Crippen molar-refractivity contribution in [2.24, 2.45) is 11.8 Å². The van der Waals surface area contributed by atoms with Crippen molar-refractivity contribution in [3.05, 3.63) is 0 Å². The summed E-state index contributed by atoms with van der Waals surface area (Å²) in [5.74, 6) is 1.08. The first-order valence-electron chi connectivity index (χ1n) is 5.73. The van der Waals surface area contributed by atoms with Gasteiger partial charge in [0, 0.05) is 13.2 Å². The molecule has 1 rings (SSSR count). The fraction of sp³-hybridized carbons (Fsp3) is 1.00. The average molecular weight is 201 g/mol. The summed E-state index contributed by atoms with van der Waals surface area (Å²) in [5.41, 5.74) is 0. The number of nitrogens with one attached hydrogen (secondary N) is 1. The Morgan fingerprint density at radius 2 is 1.93 bits per heavy atom. The summed E-state index contributed by atoms with van der Waals surface area (Å²) >= 11 is 0. The largest absolute Gasteiger partial charge is 0.396 e. The highest BCUT2D eigenvalue weighted by molar-refractivity contribution is 4.76. The highest BCUT2D eigenvalue weighted by atomic mass is 16.3. The second kappa shape index (κ2) is 6.38. The van der Waals surface area contributed by atoms with Crippen molar-refractivity contribution in [2.45, 2.75) is 38.7 Å². The van der Waals surface area contributed by atoms with E-state index in [0.29, 0.717) is 25.0 Å². The molecule has 84 valence electrons. The molecule has 3 atom stereocenters. The standard InChI is InChI=1S/C11H23NO2/c1-9(14)6-12-7-10-4-2-3-5-11(10)8-13/h9-14H,2-8H2,1H3. The van der Waals surface area contributed by atoms with Crippen molar-refractivity contribution < 1.29 is 10.2 Å². The van der Waals surface area contributed by atoms with Crippen molar-refractivity contribution in [3.63, 3.8) is 0 Å². The van der Waals surface area contributed by atoms with Gasteiger partial charge in [-0.2, -0.15) is 0 Å². The van der Waals surface area contributed by atoms with Gasteiger partial charge in [0.1, 0.15) is 0 Å². The van der Waals surface area contributed by atoms with Gasteiger partial charge in [-0.1, -0.05) is 12.8 Å². The minimum atomic E-state index is -0.272. The van der Waals surface area contributed by atoms with Gasteiger partial charge in [0.15, 0.2) is 0 Å². The third kappa shape index (κ3) is 3.95. The van der Waals surface area contributed by atoms with Crippen molar-refractivity contribution in [3.8, 4) is 0 Å². The van der Waals surface area contributed by atoms with Crippen molar-refractivity contribution >= 4 is 0 Å². The zero-order chi connectivity index (χ0) is 10.4. The Balaban J connectivity index is 2.19. The quantitative estimate of drug-likeness (QED) is 0.615. The van der Waals surface area contributed by atoms with Crippen molar-refractivity contribution in [1.29, 1.82) is 0 Å². The van der Waals surface area contributed by atoms with Crippen molar-refractivity contribution in [1.82, 2.24) is 5.32 Å². The van der Waals surface area contributed by atoms with E-state index < -0.39 is 0 Å². The highest BCUT2D eigenvalue weighted by Crippen LogP contribution is 2.28. The molecule has 1 aliphatic rings. The predicted molar refractivity (Wildman–Crippen MR) is 57.1 cm³/mol. The summed E-state index contributed by atoms with van der Waals surface area (Å²) in [6.45, 7) is 3.71. The Hall–Kier alpha value is -0.120.